The third-order valence-electron chi connectivity index (χ3n) is 4.31. The molecule has 0 saturated carbocycles. The van der Waals surface area contributed by atoms with Gasteiger partial charge in [0.15, 0.2) is 0 Å². The van der Waals surface area contributed by atoms with E-state index >= 15 is 0 Å². The fourth-order valence-electron chi connectivity index (χ4n) is 2.90. The van der Waals surface area contributed by atoms with Crippen LogP contribution in [0.1, 0.15) is 42.6 Å². The molecule has 2 aromatic carbocycles. The van der Waals surface area contributed by atoms with Crippen LogP contribution in [0.15, 0.2) is 53.1 Å². The van der Waals surface area contributed by atoms with E-state index in [0.29, 0.717) is 17.3 Å². The molecule has 0 fully saturated rings. The summed E-state index contributed by atoms with van der Waals surface area (Å²) in [7, 11) is 0. The largest absolute Gasteiger partial charge is 0.426 e. The summed E-state index contributed by atoms with van der Waals surface area (Å²) in [5.41, 5.74) is 2.24. The van der Waals surface area contributed by atoms with Crippen LogP contribution in [0.25, 0.3) is 11.4 Å². The Kier molecular flexibility index (Phi) is 6.07. The molecule has 150 valence electrons. The lowest BCUT2D eigenvalue weighted by Crippen LogP contribution is -2.36. The zero-order valence-corrected chi connectivity index (χ0v) is 16.9. The van der Waals surface area contributed by atoms with E-state index in [1.807, 2.05) is 45.0 Å². The molecule has 1 heterocycles. The summed E-state index contributed by atoms with van der Waals surface area (Å²) in [5.74, 6) is 0.253. The minimum Gasteiger partial charge on any atom is -0.426 e. The molecular weight excluding hydrogens is 370 g/mol. The van der Waals surface area contributed by atoms with Crippen LogP contribution < -0.4 is 4.74 Å². The predicted molar refractivity (Wildman–Crippen MR) is 107 cm³/mol. The highest BCUT2D eigenvalue weighted by Crippen LogP contribution is 2.23. The van der Waals surface area contributed by atoms with Crippen molar-refractivity contribution in [2.24, 2.45) is 0 Å². The van der Waals surface area contributed by atoms with Crippen molar-refractivity contribution in [3.8, 4) is 17.1 Å². The second-order valence-corrected chi connectivity index (χ2v) is 7.00. The van der Waals surface area contributed by atoms with Crippen LogP contribution in [-0.4, -0.2) is 33.0 Å². The van der Waals surface area contributed by atoms with Gasteiger partial charge in [-0.1, -0.05) is 41.1 Å². The van der Waals surface area contributed by atoms with Gasteiger partial charge in [0.1, 0.15) is 12.3 Å². The van der Waals surface area contributed by atoms with Gasteiger partial charge in [-0.3, -0.25) is 9.59 Å². The fraction of sp³-hybridized carbons (Fsp3) is 0.273. The number of esters is 1. The average molecular weight is 393 g/mol. The molecule has 0 spiro atoms. The number of aryl methyl sites for hydroxylation is 1. The van der Waals surface area contributed by atoms with Gasteiger partial charge in [-0.25, -0.2) is 0 Å². The summed E-state index contributed by atoms with van der Waals surface area (Å²) in [6.07, 6.45) is 0. The molecule has 0 bridgehead atoms. The standard InChI is InChI=1S/C22H23N3O4/c1-14(2)25(22(27)18-10-5-6-11-19(18)28-16(4)26)13-20-23-21(24-29-20)17-9-7-8-15(3)12-17/h5-12,14H,13H2,1-4H3. The topological polar surface area (TPSA) is 85.5 Å². The molecule has 0 unspecified atom stereocenters. The van der Waals surface area contributed by atoms with E-state index in [1.54, 1.807) is 29.2 Å². The Morgan fingerprint density at radius 1 is 1.14 bits per heavy atom. The summed E-state index contributed by atoms with van der Waals surface area (Å²) >= 11 is 0. The second-order valence-electron chi connectivity index (χ2n) is 7.00. The third kappa shape index (κ3) is 4.87. The van der Waals surface area contributed by atoms with Crippen molar-refractivity contribution in [2.45, 2.75) is 40.3 Å². The van der Waals surface area contributed by atoms with Crippen molar-refractivity contribution in [3.05, 3.63) is 65.5 Å². The molecule has 7 nitrogen and oxygen atoms in total. The van der Waals surface area contributed by atoms with E-state index in [2.05, 4.69) is 10.1 Å². The first-order chi connectivity index (χ1) is 13.8. The van der Waals surface area contributed by atoms with Gasteiger partial charge in [-0.05, 0) is 39.0 Å². The number of ether oxygens (including phenoxy) is 1. The molecule has 1 aromatic heterocycles. The Hall–Kier alpha value is -3.48. The molecule has 0 saturated heterocycles. The molecule has 0 radical (unpaired) electrons. The maximum atomic E-state index is 13.2. The van der Waals surface area contributed by atoms with E-state index < -0.39 is 5.97 Å². The van der Waals surface area contributed by atoms with Gasteiger partial charge in [0.25, 0.3) is 5.91 Å². The highest BCUT2D eigenvalue weighted by molar-refractivity contribution is 5.97. The number of hydrogen-bond acceptors (Lipinski definition) is 6. The van der Waals surface area contributed by atoms with Crippen molar-refractivity contribution in [3.63, 3.8) is 0 Å². The predicted octanol–water partition coefficient (Wildman–Crippen LogP) is 4.02. The van der Waals surface area contributed by atoms with Gasteiger partial charge in [0.2, 0.25) is 11.7 Å². The van der Waals surface area contributed by atoms with Crippen LogP contribution in [0, 0.1) is 6.92 Å². The van der Waals surface area contributed by atoms with Gasteiger partial charge < -0.3 is 14.2 Å². The normalized spacial score (nSPS) is 10.8. The van der Waals surface area contributed by atoms with Gasteiger partial charge >= 0.3 is 5.97 Å². The Labute approximate surface area is 169 Å². The lowest BCUT2D eigenvalue weighted by molar-refractivity contribution is -0.131. The maximum Gasteiger partial charge on any atom is 0.308 e. The number of carbonyl (C=O) groups is 2. The molecule has 3 rings (SSSR count). The first kappa shape index (κ1) is 20.3. The molecule has 0 atom stereocenters. The summed E-state index contributed by atoms with van der Waals surface area (Å²) in [5, 5.41) is 4.04. The van der Waals surface area contributed by atoms with Crippen molar-refractivity contribution >= 4 is 11.9 Å². The molecule has 29 heavy (non-hydrogen) atoms. The zero-order valence-electron chi connectivity index (χ0n) is 16.9. The van der Waals surface area contributed by atoms with Crippen LogP contribution in [-0.2, 0) is 11.3 Å². The third-order valence-corrected chi connectivity index (χ3v) is 4.31. The van der Waals surface area contributed by atoms with E-state index in [-0.39, 0.29) is 24.2 Å². The van der Waals surface area contributed by atoms with Crippen LogP contribution in [0.5, 0.6) is 5.75 Å². The SMILES string of the molecule is CC(=O)Oc1ccccc1C(=O)N(Cc1nc(-c2cccc(C)c2)no1)C(C)C. The van der Waals surface area contributed by atoms with Gasteiger partial charge in [0, 0.05) is 18.5 Å². The van der Waals surface area contributed by atoms with E-state index in [4.69, 9.17) is 9.26 Å². The quantitative estimate of drug-likeness (QED) is 0.464. The molecule has 7 heteroatoms. The summed E-state index contributed by atoms with van der Waals surface area (Å²) in [4.78, 5) is 30.5. The van der Waals surface area contributed by atoms with Crippen molar-refractivity contribution in [2.75, 3.05) is 0 Å². The highest BCUT2D eigenvalue weighted by Gasteiger charge is 2.25. The second kappa shape index (κ2) is 8.68. The van der Waals surface area contributed by atoms with E-state index in [1.165, 1.54) is 6.92 Å². The first-order valence-electron chi connectivity index (χ1n) is 9.33. The van der Waals surface area contributed by atoms with Gasteiger partial charge in [0.05, 0.1) is 5.56 Å². The Balaban J connectivity index is 1.85. The van der Waals surface area contributed by atoms with Gasteiger partial charge in [-0.15, -0.1) is 0 Å². The number of para-hydroxylation sites is 1. The van der Waals surface area contributed by atoms with Crippen LogP contribution >= 0.6 is 0 Å². The Morgan fingerprint density at radius 2 is 1.90 bits per heavy atom. The number of rotatable bonds is 6. The minimum absolute atomic E-state index is 0.137. The molecule has 0 aliphatic rings. The maximum absolute atomic E-state index is 13.2. The van der Waals surface area contributed by atoms with Crippen LogP contribution in [0.2, 0.25) is 0 Å². The van der Waals surface area contributed by atoms with Crippen molar-refractivity contribution < 1.29 is 18.8 Å². The summed E-state index contributed by atoms with van der Waals surface area (Å²) < 4.78 is 10.6. The molecule has 0 aliphatic heterocycles. The number of hydrogen-bond donors (Lipinski definition) is 0. The smallest absolute Gasteiger partial charge is 0.308 e. The Bertz CT molecular complexity index is 1030. The van der Waals surface area contributed by atoms with Crippen LogP contribution in [0.4, 0.5) is 0 Å². The zero-order chi connectivity index (χ0) is 21.0. The molecule has 1 amide bonds. The van der Waals surface area contributed by atoms with Crippen LogP contribution in [0.3, 0.4) is 0 Å². The van der Waals surface area contributed by atoms with E-state index in [9.17, 15) is 9.59 Å². The summed E-state index contributed by atoms with van der Waals surface area (Å²) in [6, 6.07) is 14.3. The van der Waals surface area contributed by atoms with Gasteiger partial charge in [-0.2, -0.15) is 4.98 Å². The number of aromatic nitrogens is 2. The first-order valence-corrected chi connectivity index (χ1v) is 9.33. The van der Waals surface area contributed by atoms with E-state index in [0.717, 1.165) is 11.1 Å². The minimum atomic E-state index is -0.485. The summed E-state index contributed by atoms with van der Waals surface area (Å²) in [6.45, 7) is 7.22. The van der Waals surface area contributed by atoms with Crippen molar-refractivity contribution in [1.29, 1.82) is 0 Å². The Morgan fingerprint density at radius 3 is 2.59 bits per heavy atom. The monoisotopic (exact) mass is 393 g/mol. The lowest BCUT2D eigenvalue weighted by atomic mass is 10.1. The number of amides is 1. The number of nitrogens with zero attached hydrogens (tertiary/aromatic N) is 3. The lowest BCUT2D eigenvalue weighted by Gasteiger charge is -2.25. The molecule has 3 aromatic rings. The fourth-order valence-corrected chi connectivity index (χ4v) is 2.90. The molecular formula is C22H23N3O4. The molecule has 0 aliphatic carbocycles. The number of benzene rings is 2. The van der Waals surface area contributed by atoms with Crippen molar-refractivity contribution in [1.82, 2.24) is 15.0 Å². The molecule has 0 N–H and O–H groups in total. The number of carbonyl (C=O) groups excluding carboxylic acids is 2. The average Bonchev–Trinajstić information content (AvgIpc) is 3.14. The highest BCUT2D eigenvalue weighted by atomic mass is 16.5.